The van der Waals surface area contributed by atoms with E-state index in [0.717, 1.165) is 11.1 Å². The summed E-state index contributed by atoms with van der Waals surface area (Å²) in [6, 6.07) is 15.9. The van der Waals surface area contributed by atoms with Gasteiger partial charge in [0.15, 0.2) is 5.75 Å². The zero-order chi connectivity index (χ0) is 31.5. The van der Waals surface area contributed by atoms with Gasteiger partial charge in [0.25, 0.3) is 15.9 Å². The monoisotopic (exact) mass is 641 g/mol. The predicted octanol–water partition coefficient (Wildman–Crippen LogP) is 6.57. The van der Waals surface area contributed by atoms with Gasteiger partial charge >= 0.3 is 6.09 Å². The molecule has 0 unspecified atom stereocenters. The number of carbonyl (C=O) groups excluding carboxylic acids is 1. The Bertz CT molecular complexity index is 1890. The van der Waals surface area contributed by atoms with E-state index in [1.807, 2.05) is 20.8 Å². The SMILES string of the molecule is Cc1ccc(S(=O)(=O)n2cc(CC(C)C)c3cc(Oc4c(Cl)cc(N/N=C(/C#N)C(=O)NC(=O)O)cc4Cl)ccc32)cc1. The minimum Gasteiger partial charge on any atom is -0.465 e. The number of nitrogens with zero attached hydrogens (tertiary/aromatic N) is 3. The standard InChI is InChI=1S/C29H25Cl2N5O6S/c1-16(2)10-18-15-36(43(40,41)21-7-4-17(3)5-8-21)26-9-6-20(13-22(18)26)42-27-23(30)11-19(12-24(27)31)34-35-25(14-32)28(37)33-29(38)39/h4-9,11-13,15-16,34H,10H2,1-3H3,(H,33,37)(H,38,39)/b35-25-. The number of aryl methyl sites for hydroxylation is 1. The number of ether oxygens (including phenoxy) is 1. The number of carbonyl (C=O) groups is 2. The van der Waals surface area contributed by atoms with Gasteiger partial charge in [0, 0.05) is 11.6 Å². The molecule has 1 aromatic heterocycles. The fourth-order valence-corrected chi connectivity index (χ4v) is 6.13. The van der Waals surface area contributed by atoms with Gasteiger partial charge in [0.05, 0.1) is 26.1 Å². The first-order valence-corrected chi connectivity index (χ1v) is 14.9. The molecule has 0 fully saturated rings. The first-order chi connectivity index (χ1) is 20.3. The number of halogens is 2. The Morgan fingerprint density at radius 2 is 1.74 bits per heavy atom. The molecule has 3 aromatic carbocycles. The lowest BCUT2D eigenvalue weighted by atomic mass is 10.0. The number of imide groups is 1. The summed E-state index contributed by atoms with van der Waals surface area (Å²) in [5.74, 6) is -0.525. The normalized spacial score (nSPS) is 11.8. The molecule has 0 saturated heterocycles. The highest BCUT2D eigenvalue weighted by Gasteiger charge is 2.23. The van der Waals surface area contributed by atoms with Crippen molar-refractivity contribution in [3.05, 3.63) is 82.0 Å². The molecule has 0 bridgehead atoms. The second-order valence-electron chi connectivity index (χ2n) is 9.86. The van der Waals surface area contributed by atoms with Gasteiger partial charge in [-0.25, -0.2) is 17.2 Å². The Balaban J connectivity index is 1.67. The van der Waals surface area contributed by atoms with Crippen LogP contribution in [0.2, 0.25) is 10.0 Å². The number of nitrogens with one attached hydrogen (secondary N) is 2. The molecule has 0 aliphatic carbocycles. The Morgan fingerprint density at radius 1 is 1.09 bits per heavy atom. The average Bonchev–Trinajstić information content (AvgIpc) is 3.28. The van der Waals surface area contributed by atoms with E-state index in [-0.39, 0.29) is 32.3 Å². The summed E-state index contributed by atoms with van der Waals surface area (Å²) >= 11 is 12.8. The molecule has 14 heteroatoms. The summed E-state index contributed by atoms with van der Waals surface area (Å²) < 4.78 is 34.4. The van der Waals surface area contributed by atoms with Crippen LogP contribution < -0.4 is 15.5 Å². The molecule has 0 aliphatic heterocycles. The molecule has 0 spiro atoms. The lowest BCUT2D eigenvalue weighted by molar-refractivity contribution is -0.114. The Morgan fingerprint density at radius 3 is 2.33 bits per heavy atom. The maximum absolute atomic E-state index is 13.6. The fraction of sp³-hybridized carbons (Fsp3) is 0.172. The number of aromatic nitrogens is 1. The lowest BCUT2D eigenvalue weighted by Crippen LogP contribution is -2.34. The summed E-state index contributed by atoms with van der Waals surface area (Å²) in [6.45, 7) is 5.96. The third-order valence-corrected chi connectivity index (χ3v) is 8.34. The van der Waals surface area contributed by atoms with Crippen molar-refractivity contribution in [1.82, 2.24) is 9.29 Å². The van der Waals surface area contributed by atoms with Crippen molar-refractivity contribution < 1.29 is 27.9 Å². The van der Waals surface area contributed by atoms with E-state index in [4.69, 9.17) is 38.3 Å². The van der Waals surface area contributed by atoms with E-state index in [1.54, 1.807) is 48.7 Å². The van der Waals surface area contributed by atoms with E-state index >= 15 is 0 Å². The maximum atomic E-state index is 13.6. The van der Waals surface area contributed by atoms with Gasteiger partial charge in [0.1, 0.15) is 11.8 Å². The molecule has 0 atom stereocenters. The van der Waals surface area contributed by atoms with Crippen molar-refractivity contribution >= 4 is 67.5 Å². The van der Waals surface area contributed by atoms with E-state index in [2.05, 4.69) is 10.5 Å². The van der Waals surface area contributed by atoms with Gasteiger partial charge in [0.2, 0.25) is 5.71 Å². The van der Waals surface area contributed by atoms with Crippen LogP contribution in [0.15, 0.2) is 70.8 Å². The fourth-order valence-electron chi connectivity index (χ4n) is 4.18. The number of nitriles is 1. The topological polar surface area (TPSA) is 163 Å². The van der Waals surface area contributed by atoms with Gasteiger partial charge in [-0.15, -0.1) is 0 Å². The highest BCUT2D eigenvalue weighted by molar-refractivity contribution is 7.90. The van der Waals surface area contributed by atoms with Crippen molar-refractivity contribution in [1.29, 1.82) is 5.26 Å². The van der Waals surface area contributed by atoms with Crippen LogP contribution in [-0.2, 0) is 21.2 Å². The summed E-state index contributed by atoms with van der Waals surface area (Å²) in [7, 11) is -3.87. The van der Waals surface area contributed by atoms with E-state index in [1.165, 1.54) is 27.5 Å². The van der Waals surface area contributed by atoms with Crippen LogP contribution in [-0.4, -0.2) is 35.2 Å². The van der Waals surface area contributed by atoms with Crippen molar-refractivity contribution in [2.45, 2.75) is 32.1 Å². The quantitative estimate of drug-likeness (QED) is 0.136. The number of anilines is 1. The van der Waals surface area contributed by atoms with Crippen LogP contribution in [0.4, 0.5) is 10.5 Å². The lowest BCUT2D eigenvalue weighted by Gasteiger charge is -2.12. The molecule has 4 aromatic rings. The summed E-state index contributed by atoms with van der Waals surface area (Å²) in [6.07, 6.45) is 0.615. The number of amides is 2. The molecule has 222 valence electrons. The summed E-state index contributed by atoms with van der Waals surface area (Å²) in [5, 5.41) is 23.6. The third kappa shape index (κ3) is 7.09. The average molecular weight is 643 g/mol. The van der Waals surface area contributed by atoms with Crippen LogP contribution in [0.25, 0.3) is 10.9 Å². The minimum atomic E-state index is -3.87. The molecule has 11 nitrogen and oxygen atoms in total. The van der Waals surface area contributed by atoms with Crippen molar-refractivity contribution in [2.75, 3.05) is 5.43 Å². The largest absolute Gasteiger partial charge is 0.465 e. The number of rotatable bonds is 9. The molecular weight excluding hydrogens is 617 g/mol. The third-order valence-electron chi connectivity index (χ3n) is 6.09. The first-order valence-electron chi connectivity index (χ1n) is 12.7. The number of benzene rings is 3. The van der Waals surface area contributed by atoms with Gasteiger partial charge in [-0.2, -0.15) is 10.4 Å². The van der Waals surface area contributed by atoms with Crippen molar-refractivity contribution in [2.24, 2.45) is 11.0 Å². The van der Waals surface area contributed by atoms with Gasteiger partial charge in [-0.3, -0.25) is 15.5 Å². The van der Waals surface area contributed by atoms with Crippen LogP contribution in [0, 0.1) is 24.2 Å². The smallest absolute Gasteiger partial charge is 0.411 e. The van der Waals surface area contributed by atoms with Gasteiger partial charge in [-0.1, -0.05) is 54.7 Å². The Hall–Kier alpha value is -4.57. The summed E-state index contributed by atoms with van der Waals surface area (Å²) in [4.78, 5) is 22.5. The molecule has 0 saturated carbocycles. The summed E-state index contributed by atoms with van der Waals surface area (Å²) in [5.41, 5.74) is 4.13. The van der Waals surface area contributed by atoms with Gasteiger partial charge in [-0.05, 0) is 67.3 Å². The predicted molar refractivity (Wildman–Crippen MR) is 164 cm³/mol. The number of hydrogen-bond donors (Lipinski definition) is 3. The van der Waals surface area contributed by atoms with Crippen LogP contribution in [0.3, 0.4) is 0 Å². The Labute approximate surface area is 257 Å². The van der Waals surface area contributed by atoms with Crippen molar-refractivity contribution in [3.8, 4) is 17.6 Å². The molecule has 2 amide bonds. The highest BCUT2D eigenvalue weighted by Crippen LogP contribution is 2.40. The molecule has 0 radical (unpaired) electrons. The minimum absolute atomic E-state index is 0.0562. The zero-order valence-corrected chi connectivity index (χ0v) is 25.4. The first kappa shape index (κ1) is 31.4. The molecule has 1 heterocycles. The van der Waals surface area contributed by atoms with Crippen LogP contribution in [0.1, 0.15) is 25.0 Å². The Kier molecular flexibility index (Phi) is 9.30. The van der Waals surface area contributed by atoms with Crippen LogP contribution in [0.5, 0.6) is 11.5 Å². The van der Waals surface area contributed by atoms with Crippen LogP contribution >= 0.6 is 23.2 Å². The number of carboxylic acid groups (broad SMARTS) is 1. The number of hydrogen-bond acceptors (Lipinski definition) is 8. The second-order valence-corrected chi connectivity index (χ2v) is 12.5. The van der Waals surface area contributed by atoms with E-state index in [9.17, 15) is 18.0 Å². The molecule has 3 N–H and O–H groups in total. The van der Waals surface area contributed by atoms with E-state index < -0.39 is 27.7 Å². The maximum Gasteiger partial charge on any atom is 0.411 e. The van der Waals surface area contributed by atoms with Gasteiger partial charge < -0.3 is 9.84 Å². The molecule has 0 aliphatic rings. The highest BCUT2D eigenvalue weighted by atomic mass is 35.5. The zero-order valence-electron chi connectivity index (χ0n) is 23.1. The number of fused-ring (bicyclic) bond motifs is 1. The van der Waals surface area contributed by atoms with Crippen molar-refractivity contribution in [3.63, 3.8) is 0 Å². The van der Waals surface area contributed by atoms with E-state index in [0.29, 0.717) is 23.1 Å². The molecule has 43 heavy (non-hydrogen) atoms. The molecule has 4 rings (SSSR count). The number of hydrazone groups is 1. The molecular formula is C29H25Cl2N5O6S. The second kappa shape index (κ2) is 12.7.